The van der Waals surface area contributed by atoms with Crippen molar-refractivity contribution in [3.8, 4) is 11.1 Å². The minimum atomic E-state index is -0.790. The summed E-state index contributed by atoms with van der Waals surface area (Å²) in [6.45, 7) is 9.01. The van der Waals surface area contributed by atoms with Crippen LogP contribution >= 0.6 is 11.6 Å². The van der Waals surface area contributed by atoms with Gasteiger partial charge in [0.25, 0.3) is 11.8 Å². The number of aromatic amines is 1. The molecule has 1 fully saturated rings. The van der Waals surface area contributed by atoms with Crippen LogP contribution < -0.4 is 5.32 Å². The highest BCUT2D eigenvalue weighted by Crippen LogP contribution is 2.50. The van der Waals surface area contributed by atoms with E-state index in [2.05, 4.69) is 53.6 Å². The number of H-pyrrole nitrogens is 1. The lowest BCUT2D eigenvalue weighted by molar-refractivity contribution is -0.133. The summed E-state index contributed by atoms with van der Waals surface area (Å²) in [5.74, 6) is -0.899. The van der Waals surface area contributed by atoms with Gasteiger partial charge in [0.2, 0.25) is 0 Å². The lowest BCUT2D eigenvalue weighted by Gasteiger charge is -2.47. The van der Waals surface area contributed by atoms with E-state index in [9.17, 15) is 14.0 Å². The summed E-state index contributed by atoms with van der Waals surface area (Å²) in [6.07, 6.45) is 5.69. The first-order valence-electron chi connectivity index (χ1n) is 17.2. The number of nitrogens with zero attached hydrogens (tertiary/aromatic N) is 5. The zero-order chi connectivity index (χ0) is 35.6. The lowest BCUT2D eigenvalue weighted by atomic mass is 9.69. The second kappa shape index (κ2) is 14.4. The van der Waals surface area contributed by atoms with E-state index in [0.717, 1.165) is 31.2 Å². The Morgan fingerprint density at radius 2 is 1.74 bits per heavy atom. The van der Waals surface area contributed by atoms with Crippen LogP contribution in [0.3, 0.4) is 0 Å². The van der Waals surface area contributed by atoms with Crippen LogP contribution in [0.5, 0.6) is 0 Å². The van der Waals surface area contributed by atoms with E-state index >= 15 is 4.39 Å². The van der Waals surface area contributed by atoms with Crippen molar-refractivity contribution in [1.82, 2.24) is 30.8 Å². The van der Waals surface area contributed by atoms with Crippen LogP contribution in [-0.4, -0.2) is 48.7 Å². The Hall–Kier alpha value is -4.51. The van der Waals surface area contributed by atoms with Gasteiger partial charge in [-0.05, 0) is 84.9 Å². The van der Waals surface area contributed by atoms with Crippen molar-refractivity contribution >= 4 is 29.1 Å². The standard InChI is InChI=1S/C38H42ClF2N7O2/c1-5-6-7-32(23-8-10-24(11-9-23)35(49)42-22-33-44-46-47-45-33)48-36(50)34(43-38(48)18-16-27(17-19-38)37(2,3)4)26-12-14-28(30(40)21-26)25-13-15-29(39)31(41)20-25/h8-15,20-21,27,32H,5-7,16-19,22H2,1-4H3,(H,42,49)(H,44,45,46,47). The Bertz CT molecular complexity index is 1880. The van der Waals surface area contributed by atoms with Crippen LogP contribution in [0.4, 0.5) is 8.78 Å². The average molecular weight is 702 g/mol. The minimum absolute atomic E-state index is 0.0423. The Labute approximate surface area is 295 Å². The summed E-state index contributed by atoms with van der Waals surface area (Å²) in [6, 6.07) is 15.7. The quantitative estimate of drug-likeness (QED) is 0.173. The van der Waals surface area contributed by atoms with Crippen molar-refractivity contribution in [2.45, 2.75) is 90.9 Å². The van der Waals surface area contributed by atoms with E-state index in [1.807, 2.05) is 17.0 Å². The zero-order valence-electron chi connectivity index (χ0n) is 28.8. The molecule has 1 aliphatic heterocycles. The number of carbonyl (C=O) groups is 2. The normalized spacial score (nSPS) is 19.9. The number of benzene rings is 3. The molecule has 12 heteroatoms. The summed E-state index contributed by atoms with van der Waals surface area (Å²) in [7, 11) is 0. The van der Waals surface area contributed by atoms with Crippen LogP contribution in [0.15, 0.2) is 65.7 Å². The third kappa shape index (κ3) is 7.19. The van der Waals surface area contributed by atoms with Gasteiger partial charge in [0.1, 0.15) is 23.0 Å². The van der Waals surface area contributed by atoms with Crippen molar-refractivity contribution in [1.29, 1.82) is 0 Å². The maximum absolute atomic E-state index is 15.7. The van der Waals surface area contributed by atoms with Gasteiger partial charge in [0.15, 0.2) is 5.82 Å². The summed E-state index contributed by atoms with van der Waals surface area (Å²) >= 11 is 5.86. The monoisotopic (exact) mass is 701 g/mol. The summed E-state index contributed by atoms with van der Waals surface area (Å²) < 4.78 is 29.9. The SMILES string of the molecule is CCCCC(c1ccc(C(=O)NCc2nn[nH]n2)cc1)N1C(=O)C(c2ccc(-c3ccc(Cl)c(F)c3)c(F)c2)=NC12CCC(C(C)(C)C)CC2. The van der Waals surface area contributed by atoms with Crippen LogP contribution in [0.2, 0.25) is 5.02 Å². The van der Waals surface area contributed by atoms with Crippen molar-refractivity contribution in [2.24, 2.45) is 16.3 Å². The fraction of sp³-hybridized carbons (Fsp3) is 0.421. The molecule has 2 N–H and O–H groups in total. The maximum atomic E-state index is 15.7. The highest BCUT2D eigenvalue weighted by atomic mass is 35.5. The van der Waals surface area contributed by atoms with Crippen LogP contribution in [0.1, 0.15) is 106 Å². The Kier molecular flexibility index (Phi) is 10.2. The highest BCUT2D eigenvalue weighted by molar-refractivity contribution is 6.46. The molecule has 4 aromatic rings. The number of aromatic nitrogens is 4. The molecule has 0 saturated heterocycles. The molecule has 1 unspecified atom stereocenters. The molecule has 9 nitrogen and oxygen atoms in total. The van der Waals surface area contributed by atoms with Gasteiger partial charge in [0.05, 0.1) is 17.6 Å². The van der Waals surface area contributed by atoms with E-state index in [1.165, 1.54) is 18.2 Å². The molecule has 0 radical (unpaired) electrons. The summed E-state index contributed by atoms with van der Waals surface area (Å²) in [5, 5.41) is 16.4. The molecule has 3 aromatic carbocycles. The number of unbranched alkanes of at least 4 members (excludes halogenated alkanes) is 1. The van der Waals surface area contributed by atoms with E-state index in [1.54, 1.807) is 30.3 Å². The number of rotatable bonds is 10. The molecule has 262 valence electrons. The fourth-order valence-electron chi connectivity index (χ4n) is 7.31. The molecular formula is C38H42ClF2N7O2. The fourth-order valence-corrected chi connectivity index (χ4v) is 7.43. The molecule has 1 aliphatic carbocycles. The Morgan fingerprint density at radius 3 is 2.36 bits per heavy atom. The van der Waals surface area contributed by atoms with Crippen molar-refractivity contribution in [2.75, 3.05) is 0 Å². The molecule has 2 amide bonds. The number of hydrogen-bond acceptors (Lipinski definition) is 6. The van der Waals surface area contributed by atoms with Gasteiger partial charge in [0, 0.05) is 16.7 Å². The number of aliphatic imine (C=N–C) groups is 1. The van der Waals surface area contributed by atoms with Gasteiger partial charge in [-0.1, -0.05) is 87.7 Å². The first kappa shape index (κ1) is 35.3. The van der Waals surface area contributed by atoms with E-state index in [4.69, 9.17) is 16.6 Å². The summed E-state index contributed by atoms with van der Waals surface area (Å²) in [4.78, 5) is 34.7. The van der Waals surface area contributed by atoms with Crippen molar-refractivity contribution < 1.29 is 18.4 Å². The largest absolute Gasteiger partial charge is 0.345 e. The minimum Gasteiger partial charge on any atom is -0.345 e. The smallest absolute Gasteiger partial charge is 0.275 e. The second-order valence-electron chi connectivity index (χ2n) is 14.4. The molecule has 2 heterocycles. The third-order valence-electron chi connectivity index (χ3n) is 10.2. The molecule has 1 aromatic heterocycles. The molecule has 2 aliphatic rings. The van der Waals surface area contributed by atoms with Gasteiger partial charge < -0.3 is 10.2 Å². The Morgan fingerprint density at radius 1 is 1.04 bits per heavy atom. The molecule has 1 atom stereocenters. The average Bonchev–Trinajstić information content (AvgIpc) is 3.72. The van der Waals surface area contributed by atoms with E-state index < -0.39 is 17.3 Å². The maximum Gasteiger partial charge on any atom is 0.275 e. The number of nitrogens with one attached hydrogen (secondary N) is 2. The van der Waals surface area contributed by atoms with Crippen molar-refractivity contribution in [3.63, 3.8) is 0 Å². The molecule has 1 saturated carbocycles. The molecule has 1 spiro atoms. The van der Waals surface area contributed by atoms with Gasteiger partial charge in [-0.15, -0.1) is 10.2 Å². The lowest BCUT2D eigenvalue weighted by Crippen LogP contribution is -2.51. The topological polar surface area (TPSA) is 116 Å². The van der Waals surface area contributed by atoms with Crippen LogP contribution in [-0.2, 0) is 11.3 Å². The summed E-state index contributed by atoms with van der Waals surface area (Å²) in [5.41, 5.74) is 1.86. The van der Waals surface area contributed by atoms with Gasteiger partial charge in [-0.3, -0.25) is 14.6 Å². The predicted molar refractivity (Wildman–Crippen MR) is 188 cm³/mol. The predicted octanol–water partition coefficient (Wildman–Crippen LogP) is 8.22. The highest BCUT2D eigenvalue weighted by Gasteiger charge is 2.52. The molecule has 0 bridgehead atoms. The van der Waals surface area contributed by atoms with Gasteiger partial charge in [-0.2, -0.15) is 5.21 Å². The molecule has 50 heavy (non-hydrogen) atoms. The zero-order valence-corrected chi connectivity index (χ0v) is 29.5. The molecule has 6 rings (SSSR count). The third-order valence-corrected chi connectivity index (χ3v) is 10.5. The number of carbonyl (C=O) groups excluding carboxylic acids is 2. The van der Waals surface area contributed by atoms with Gasteiger partial charge in [-0.25, -0.2) is 8.78 Å². The number of amides is 2. The first-order valence-corrected chi connectivity index (χ1v) is 17.6. The number of hydrogen-bond donors (Lipinski definition) is 2. The molecular weight excluding hydrogens is 660 g/mol. The number of tetrazole rings is 1. The van der Waals surface area contributed by atoms with Crippen LogP contribution in [0.25, 0.3) is 11.1 Å². The second-order valence-corrected chi connectivity index (χ2v) is 14.8. The number of halogens is 3. The van der Waals surface area contributed by atoms with Crippen molar-refractivity contribution in [3.05, 3.63) is 99.8 Å². The van der Waals surface area contributed by atoms with E-state index in [0.29, 0.717) is 47.7 Å². The van der Waals surface area contributed by atoms with Gasteiger partial charge >= 0.3 is 0 Å². The first-order chi connectivity index (χ1) is 23.9. The van der Waals surface area contributed by atoms with Crippen LogP contribution in [0, 0.1) is 23.0 Å². The van der Waals surface area contributed by atoms with E-state index in [-0.39, 0.29) is 46.1 Å². The Balaban J connectivity index is 1.34.